The fourth-order valence-electron chi connectivity index (χ4n) is 2.86. The van der Waals surface area contributed by atoms with Crippen LogP contribution >= 0.6 is 12.4 Å². The zero-order chi connectivity index (χ0) is 16.2. The number of sulfonamides is 1. The van der Waals surface area contributed by atoms with Crippen molar-refractivity contribution in [3.05, 3.63) is 29.8 Å². The van der Waals surface area contributed by atoms with E-state index >= 15 is 0 Å². The van der Waals surface area contributed by atoms with Crippen molar-refractivity contribution in [1.29, 1.82) is 0 Å². The van der Waals surface area contributed by atoms with Crippen molar-refractivity contribution < 1.29 is 13.2 Å². The minimum absolute atomic E-state index is 0. The van der Waals surface area contributed by atoms with E-state index in [0.29, 0.717) is 17.7 Å². The molecule has 1 saturated carbocycles. The Hall–Kier alpha value is -1.15. The molecule has 2 atom stereocenters. The lowest BCUT2D eigenvalue weighted by Gasteiger charge is -2.27. The fourth-order valence-corrected chi connectivity index (χ4v) is 3.51. The van der Waals surface area contributed by atoms with Gasteiger partial charge in [-0.15, -0.1) is 12.4 Å². The number of nitrogens with two attached hydrogens (primary N) is 2. The second-order valence-electron chi connectivity index (χ2n) is 5.96. The number of primary sulfonamides is 1. The maximum Gasteiger partial charge on any atom is 0.224 e. The van der Waals surface area contributed by atoms with E-state index in [0.717, 1.165) is 25.7 Å². The average Bonchev–Trinajstić information content (AvgIpc) is 2.42. The number of rotatable bonds is 5. The van der Waals surface area contributed by atoms with Crippen LogP contribution in [0.3, 0.4) is 0 Å². The number of carbonyl (C=O) groups excluding carboxylic acids is 1. The molecule has 5 N–H and O–H groups in total. The predicted molar refractivity (Wildman–Crippen MR) is 93.7 cm³/mol. The van der Waals surface area contributed by atoms with E-state index in [9.17, 15) is 13.2 Å². The third-order valence-electron chi connectivity index (χ3n) is 4.02. The number of benzene rings is 1. The highest BCUT2D eigenvalue weighted by molar-refractivity contribution is 7.88. The van der Waals surface area contributed by atoms with Crippen molar-refractivity contribution in [2.45, 2.75) is 43.9 Å². The minimum atomic E-state index is -3.54. The molecule has 2 unspecified atom stereocenters. The Morgan fingerprint density at radius 1 is 1.17 bits per heavy atom. The Labute approximate surface area is 143 Å². The molecule has 1 aromatic carbocycles. The molecule has 0 spiro atoms. The minimum Gasteiger partial charge on any atom is -0.327 e. The number of carbonyl (C=O) groups is 1. The van der Waals surface area contributed by atoms with Crippen LogP contribution in [-0.4, -0.2) is 20.4 Å². The molecule has 130 valence electrons. The molecular weight excluding hydrogens is 338 g/mol. The van der Waals surface area contributed by atoms with Gasteiger partial charge in [-0.1, -0.05) is 25.0 Å². The molecule has 0 radical (unpaired) electrons. The van der Waals surface area contributed by atoms with Gasteiger partial charge in [0, 0.05) is 18.2 Å². The summed E-state index contributed by atoms with van der Waals surface area (Å²) in [5.41, 5.74) is 7.29. The summed E-state index contributed by atoms with van der Waals surface area (Å²) < 4.78 is 22.0. The summed E-state index contributed by atoms with van der Waals surface area (Å²) in [7, 11) is -3.54. The molecule has 1 amide bonds. The van der Waals surface area contributed by atoms with Crippen LogP contribution < -0.4 is 16.2 Å². The molecule has 0 saturated heterocycles. The Morgan fingerprint density at radius 2 is 1.78 bits per heavy atom. The van der Waals surface area contributed by atoms with Crippen molar-refractivity contribution in [2.75, 3.05) is 5.32 Å². The molecule has 0 heterocycles. The van der Waals surface area contributed by atoms with Crippen LogP contribution in [0.1, 0.15) is 37.7 Å². The highest BCUT2D eigenvalue weighted by Crippen LogP contribution is 2.26. The van der Waals surface area contributed by atoms with Crippen molar-refractivity contribution >= 4 is 34.0 Å². The summed E-state index contributed by atoms with van der Waals surface area (Å²) in [5, 5.41) is 7.82. The Balaban J connectivity index is 0.00000264. The van der Waals surface area contributed by atoms with Gasteiger partial charge in [0.05, 0.1) is 5.75 Å². The topological polar surface area (TPSA) is 115 Å². The molecule has 1 aliphatic rings. The van der Waals surface area contributed by atoms with E-state index in [1.54, 1.807) is 24.3 Å². The van der Waals surface area contributed by atoms with Crippen molar-refractivity contribution in [2.24, 2.45) is 16.8 Å². The summed E-state index contributed by atoms with van der Waals surface area (Å²) in [5.74, 6) is -0.0185. The molecular formula is C15H24ClN3O3S. The van der Waals surface area contributed by atoms with E-state index < -0.39 is 10.0 Å². The summed E-state index contributed by atoms with van der Waals surface area (Å²) in [6, 6.07) is 6.76. The van der Waals surface area contributed by atoms with Gasteiger partial charge in [-0.05, 0) is 36.5 Å². The SMILES string of the molecule is Cl.NC1CCCCC1CC(=O)Nc1ccc(CS(N)(=O)=O)cc1. The average molecular weight is 362 g/mol. The molecule has 0 aromatic heterocycles. The smallest absolute Gasteiger partial charge is 0.224 e. The molecule has 1 aromatic rings. The Morgan fingerprint density at radius 3 is 2.35 bits per heavy atom. The summed E-state index contributed by atoms with van der Waals surface area (Å²) in [4.78, 5) is 12.1. The molecule has 0 bridgehead atoms. The fraction of sp³-hybridized carbons (Fsp3) is 0.533. The predicted octanol–water partition coefficient (Wildman–Crippen LogP) is 1.74. The van der Waals surface area contributed by atoms with Gasteiger partial charge >= 0.3 is 0 Å². The first kappa shape index (κ1) is 19.9. The van der Waals surface area contributed by atoms with Gasteiger partial charge in [0.15, 0.2) is 0 Å². The van der Waals surface area contributed by atoms with Gasteiger partial charge in [0.1, 0.15) is 0 Å². The van der Waals surface area contributed by atoms with Crippen LogP contribution in [0.15, 0.2) is 24.3 Å². The van der Waals surface area contributed by atoms with Crippen molar-refractivity contribution in [1.82, 2.24) is 0 Å². The third kappa shape index (κ3) is 6.87. The second kappa shape index (κ2) is 8.63. The van der Waals surface area contributed by atoms with Crippen LogP contribution in [0.2, 0.25) is 0 Å². The number of nitrogens with one attached hydrogen (secondary N) is 1. The molecule has 1 aliphatic carbocycles. The number of hydrogen-bond acceptors (Lipinski definition) is 4. The van der Waals surface area contributed by atoms with E-state index in [-0.39, 0.29) is 36.0 Å². The van der Waals surface area contributed by atoms with Gasteiger partial charge in [-0.3, -0.25) is 4.79 Å². The first-order valence-electron chi connectivity index (χ1n) is 7.48. The largest absolute Gasteiger partial charge is 0.327 e. The van der Waals surface area contributed by atoms with Crippen LogP contribution in [0, 0.1) is 5.92 Å². The molecule has 8 heteroatoms. The number of amides is 1. The van der Waals surface area contributed by atoms with Gasteiger partial charge in [0.25, 0.3) is 0 Å². The first-order chi connectivity index (χ1) is 10.3. The lowest BCUT2D eigenvalue weighted by Crippen LogP contribution is -2.35. The number of halogens is 1. The third-order valence-corrected chi connectivity index (χ3v) is 4.76. The van der Waals surface area contributed by atoms with Crippen molar-refractivity contribution in [3.63, 3.8) is 0 Å². The lowest BCUT2D eigenvalue weighted by molar-refractivity contribution is -0.117. The summed E-state index contributed by atoms with van der Waals surface area (Å²) in [6.07, 6.45) is 4.70. The second-order valence-corrected chi connectivity index (χ2v) is 7.58. The lowest BCUT2D eigenvalue weighted by atomic mass is 9.83. The monoisotopic (exact) mass is 361 g/mol. The normalized spacial score (nSPS) is 21.3. The van der Waals surface area contributed by atoms with Crippen molar-refractivity contribution in [3.8, 4) is 0 Å². The van der Waals surface area contributed by atoms with Crippen LogP contribution in [0.5, 0.6) is 0 Å². The number of anilines is 1. The van der Waals surface area contributed by atoms with Gasteiger partial charge < -0.3 is 11.1 Å². The zero-order valence-corrected chi connectivity index (χ0v) is 14.5. The van der Waals surface area contributed by atoms with Crippen LogP contribution in [0.4, 0.5) is 5.69 Å². The highest BCUT2D eigenvalue weighted by Gasteiger charge is 2.24. The van der Waals surface area contributed by atoms with Crippen LogP contribution in [-0.2, 0) is 20.6 Å². The maximum absolute atomic E-state index is 12.1. The number of hydrogen-bond donors (Lipinski definition) is 3. The molecule has 0 aliphatic heterocycles. The molecule has 6 nitrogen and oxygen atoms in total. The van der Waals surface area contributed by atoms with Gasteiger partial charge in [0.2, 0.25) is 15.9 Å². The Bertz CT molecular complexity index is 619. The van der Waals surface area contributed by atoms with E-state index in [2.05, 4.69) is 5.32 Å². The van der Waals surface area contributed by atoms with Crippen LogP contribution in [0.25, 0.3) is 0 Å². The first-order valence-corrected chi connectivity index (χ1v) is 9.20. The highest BCUT2D eigenvalue weighted by atomic mass is 35.5. The van der Waals surface area contributed by atoms with E-state index in [1.807, 2.05) is 0 Å². The van der Waals surface area contributed by atoms with Gasteiger partial charge in [-0.2, -0.15) is 0 Å². The van der Waals surface area contributed by atoms with Gasteiger partial charge in [-0.25, -0.2) is 13.6 Å². The Kier molecular flexibility index (Phi) is 7.47. The summed E-state index contributed by atoms with van der Waals surface area (Å²) >= 11 is 0. The maximum atomic E-state index is 12.1. The zero-order valence-electron chi connectivity index (χ0n) is 12.9. The van der Waals surface area contributed by atoms with E-state index in [1.165, 1.54) is 0 Å². The molecule has 1 fully saturated rings. The van der Waals surface area contributed by atoms with E-state index in [4.69, 9.17) is 10.9 Å². The standard InChI is InChI=1S/C15H23N3O3S.ClH/c16-14-4-2-1-3-12(14)9-15(19)18-13-7-5-11(6-8-13)10-22(17,20)21;/h5-8,12,14H,1-4,9-10,16H2,(H,18,19)(H2,17,20,21);1H. The quantitative estimate of drug-likeness (QED) is 0.740. The molecule has 2 rings (SSSR count). The molecule has 23 heavy (non-hydrogen) atoms. The summed E-state index contributed by atoms with van der Waals surface area (Å²) in [6.45, 7) is 0.